The molecular weight excluding hydrogens is 304 g/mol. The number of amides is 1. The third-order valence-corrected chi connectivity index (χ3v) is 4.90. The molecule has 0 radical (unpaired) electrons. The Bertz CT molecular complexity index is 572. The van der Waals surface area contributed by atoms with Gasteiger partial charge >= 0.3 is 6.01 Å². The van der Waals surface area contributed by atoms with Gasteiger partial charge in [-0.25, -0.2) is 9.97 Å². The number of carbonyl (C=O) groups is 1. The average molecular weight is 332 g/mol. The highest BCUT2D eigenvalue weighted by atomic mass is 16.5. The first-order chi connectivity index (χ1) is 11.5. The Morgan fingerprint density at radius 1 is 1.12 bits per heavy atom. The van der Waals surface area contributed by atoms with Crippen molar-refractivity contribution in [2.45, 2.75) is 45.6 Å². The van der Waals surface area contributed by atoms with Gasteiger partial charge in [-0.05, 0) is 59.2 Å². The maximum Gasteiger partial charge on any atom is 0.317 e. The molecule has 24 heavy (non-hydrogen) atoms. The molecule has 2 aliphatic rings. The summed E-state index contributed by atoms with van der Waals surface area (Å²) in [4.78, 5) is 25.8. The molecule has 2 unspecified atom stereocenters. The highest BCUT2D eigenvalue weighted by Gasteiger charge is 2.32. The van der Waals surface area contributed by atoms with Gasteiger partial charge in [0.1, 0.15) is 6.10 Å². The van der Waals surface area contributed by atoms with E-state index in [-0.39, 0.29) is 17.9 Å². The molecule has 1 aromatic heterocycles. The molecule has 2 saturated heterocycles. The first-order valence-corrected chi connectivity index (χ1v) is 8.97. The normalized spacial score (nSPS) is 25.5. The van der Waals surface area contributed by atoms with Gasteiger partial charge < -0.3 is 14.5 Å². The summed E-state index contributed by atoms with van der Waals surface area (Å²) in [7, 11) is 2.10. The van der Waals surface area contributed by atoms with Crippen molar-refractivity contribution in [3.8, 4) is 6.01 Å². The van der Waals surface area contributed by atoms with Crippen LogP contribution in [0.1, 0.15) is 37.1 Å². The zero-order valence-corrected chi connectivity index (χ0v) is 15.0. The maximum atomic E-state index is 12.8. The Balaban J connectivity index is 1.60. The highest BCUT2D eigenvalue weighted by Crippen LogP contribution is 2.22. The Kier molecular flexibility index (Phi) is 5.33. The minimum absolute atomic E-state index is 0.00906. The van der Waals surface area contributed by atoms with Crippen molar-refractivity contribution >= 4 is 5.91 Å². The Morgan fingerprint density at radius 3 is 2.54 bits per heavy atom. The number of aryl methyl sites for hydroxylation is 2. The Labute approximate surface area is 144 Å². The van der Waals surface area contributed by atoms with E-state index in [0.29, 0.717) is 12.6 Å². The van der Waals surface area contributed by atoms with E-state index in [1.54, 1.807) is 0 Å². The smallest absolute Gasteiger partial charge is 0.317 e. The predicted molar refractivity (Wildman–Crippen MR) is 92.0 cm³/mol. The van der Waals surface area contributed by atoms with Crippen molar-refractivity contribution in [2.75, 3.05) is 33.2 Å². The van der Waals surface area contributed by atoms with E-state index in [4.69, 9.17) is 4.74 Å². The van der Waals surface area contributed by atoms with Gasteiger partial charge in [0.2, 0.25) is 5.91 Å². The van der Waals surface area contributed by atoms with Crippen molar-refractivity contribution < 1.29 is 9.53 Å². The molecule has 6 nitrogen and oxygen atoms in total. The number of aromatic nitrogens is 2. The van der Waals surface area contributed by atoms with Gasteiger partial charge in [-0.2, -0.15) is 0 Å². The van der Waals surface area contributed by atoms with E-state index in [0.717, 1.165) is 56.7 Å². The minimum Gasteiger partial charge on any atom is -0.458 e. The second-order valence-corrected chi connectivity index (χ2v) is 7.20. The molecule has 0 N–H and O–H groups in total. The number of hydrogen-bond donors (Lipinski definition) is 0. The van der Waals surface area contributed by atoms with Crippen molar-refractivity contribution in [3.63, 3.8) is 0 Å². The summed E-state index contributed by atoms with van der Waals surface area (Å²) in [5.74, 6) is 0.427. The van der Waals surface area contributed by atoms with Gasteiger partial charge in [0.25, 0.3) is 0 Å². The maximum absolute atomic E-state index is 12.8. The molecule has 0 saturated carbocycles. The number of rotatable bonds is 3. The summed E-state index contributed by atoms with van der Waals surface area (Å²) in [5.41, 5.74) is 1.82. The first-order valence-electron chi connectivity index (χ1n) is 8.97. The van der Waals surface area contributed by atoms with Crippen LogP contribution in [0, 0.1) is 19.8 Å². The molecule has 0 aliphatic carbocycles. The lowest BCUT2D eigenvalue weighted by Crippen LogP contribution is -2.49. The zero-order chi connectivity index (χ0) is 17.1. The van der Waals surface area contributed by atoms with Crippen LogP contribution in [0.25, 0.3) is 0 Å². The number of carbonyl (C=O) groups excluding carboxylic acids is 1. The van der Waals surface area contributed by atoms with Gasteiger partial charge in [-0.3, -0.25) is 4.79 Å². The molecule has 0 aromatic carbocycles. The fourth-order valence-corrected chi connectivity index (χ4v) is 3.76. The van der Waals surface area contributed by atoms with E-state index in [2.05, 4.69) is 21.9 Å². The van der Waals surface area contributed by atoms with E-state index < -0.39 is 0 Å². The fraction of sp³-hybridized carbons (Fsp3) is 0.722. The van der Waals surface area contributed by atoms with E-state index in [1.165, 1.54) is 0 Å². The SMILES string of the molecule is Cc1cc(C)nc(OC2CCCN(C(=O)C3CCCN(C)C3)C2)n1. The fourth-order valence-electron chi connectivity index (χ4n) is 3.76. The monoisotopic (exact) mass is 332 g/mol. The van der Waals surface area contributed by atoms with Crippen molar-refractivity contribution in [2.24, 2.45) is 5.92 Å². The third-order valence-electron chi connectivity index (χ3n) is 4.90. The topological polar surface area (TPSA) is 58.6 Å². The predicted octanol–water partition coefficient (Wildman–Crippen LogP) is 1.81. The number of hydrogen-bond acceptors (Lipinski definition) is 5. The molecule has 1 aromatic rings. The number of likely N-dealkylation sites (tertiary alicyclic amines) is 2. The molecule has 3 rings (SSSR count). The summed E-state index contributed by atoms with van der Waals surface area (Å²) >= 11 is 0. The average Bonchev–Trinajstić information content (AvgIpc) is 2.53. The van der Waals surface area contributed by atoms with Crippen LogP contribution in [0.2, 0.25) is 0 Å². The Hall–Kier alpha value is -1.69. The minimum atomic E-state index is -0.00906. The van der Waals surface area contributed by atoms with Crippen LogP contribution in [0.4, 0.5) is 0 Å². The van der Waals surface area contributed by atoms with Crippen LogP contribution >= 0.6 is 0 Å². The quantitative estimate of drug-likeness (QED) is 0.845. The summed E-state index contributed by atoms with van der Waals surface area (Å²) in [6.07, 6.45) is 4.03. The Morgan fingerprint density at radius 2 is 1.83 bits per heavy atom. The lowest BCUT2D eigenvalue weighted by molar-refractivity contribution is -0.139. The van der Waals surface area contributed by atoms with Crippen LogP contribution < -0.4 is 4.74 Å². The highest BCUT2D eigenvalue weighted by molar-refractivity contribution is 5.79. The lowest BCUT2D eigenvalue weighted by atomic mass is 9.95. The summed E-state index contributed by atoms with van der Waals surface area (Å²) < 4.78 is 5.98. The largest absolute Gasteiger partial charge is 0.458 e. The molecule has 1 amide bonds. The summed E-state index contributed by atoms with van der Waals surface area (Å²) in [6.45, 7) is 7.35. The molecule has 0 bridgehead atoms. The second kappa shape index (κ2) is 7.47. The summed E-state index contributed by atoms with van der Waals surface area (Å²) in [5, 5.41) is 0. The van der Waals surface area contributed by atoms with Gasteiger partial charge in [0.15, 0.2) is 0 Å². The third kappa shape index (κ3) is 4.23. The van der Waals surface area contributed by atoms with E-state index in [1.807, 2.05) is 24.8 Å². The molecule has 2 fully saturated rings. The van der Waals surface area contributed by atoms with Crippen LogP contribution in [0.5, 0.6) is 6.01 Å². The first kappa shape index (κ1) is 17.1. The van der Waals surface area contributed by atoms with Gasteiger partial charge in [0, 0.05) is 24.5 Å². The molecule has 2 atom stereocenters. The van der Waals surface area contributed by atoms with Crippen LogP contribution in [-0.2, 0) is 4.79 Å². The summed E-state index contributed by atoms with van der Waals surface area (Å²) in [6, 6.07) is 2.37. The van der Waals surface area contributed by atoms with Crippen LogP contribution in [-0.4, -0.2) is 65.0 Å². The van der Waals surface area contributed by atoms with E-state index >= 15 is 0 Å². The molecular formula is C18H28N4O2. The molecule has 6 heteroatoms. The van der Waals surface area contributed by atoms with Crippen molar-refractivity contribution in [1.29, 1.82) is 0 Å². The van der Waals surface area contributed by atoms with Crippen molar-refractivity contribution in [3.05, 3.63) is 17.5 Å². The molecule has 132 valence electrons. The van der Waals surface area contributed by atoms with Gasteiger partial charge in [-0.15, -0.1) is 0 Å². The number of nitrogens with zero attached hydrogens (tertiary/aromatic N) is 4. The van der Waals surface area contributed by atoms with Crippen LogP contribution in [0.3, 0.4) is 0 Å². The van der Waals surface area contributed by atoms with Crippen molar-refractivity contribution in [1.82, 2.24) is 19.8 Å². The molecule has 3 heterocycles. The van der Waals surface area contributed by atoms with Crippen LogP contribution in [0.15, 0.2) is 6.07 Å². The molecule has 0 spiro atoms. The molecule has 2 aliphatic heterocycles. The number of ether oxygens (including phenoxy) is 1. The number of piperidine rings is 2. The van der Waals surface area contributed by atoms with Gasteiger partial charge in [-0.1, -0.05) is 0 Å². The van der Waals surface area contributed by atoms with Gasteiger partial charge in [0.05, 0.1) is 12.5 Å². The standard InChI is InChI=1S/C18H28N4O2/c1-13-10-14(2)20-18(19-13)24-16-7-5-9-22(12-16)17(23)15-6-4-8-21(3)11-15/h10,15-16H,4-9,11-12H2,1-3H3. The zero-order valence-electron chi connectivity index (χ0n) is 15.0. The second-order valence-electron chi connectivity index (χ2n) is 7.20. The lowest BCUT2D eigenvalue weighted by Gasteiger charge is -2.37. The van der Waals surface area contributed by atoms with E-state index in [9.17, 15) is 4.79 Å².